The largest absolute Gasteiger partial charge is 0.381 e. The van der Waals surface area contributed by atoms with Crippen molar-refractivity contribution in [2.75, 3.05) is 13.2 Å². The van der Waals surface area contributed by atoms with E-state index in [9.17, 15) is 4.79 Å². The summed E-state index contributed by atoms with van der Waals surface area (Å²) >= 11 is 1.46. The molecule has 15 heavy (non-hydrogen) atoms. The average Bonchev–Trinajstić information content (AvgIpc) is 2.91. The highest BCUT2D eigenvalue weighted by Gasteiger charge is 2.31. The molecule has 2 heterocycles. The molecule has 0 saturated carbocycles. The fourth-order valence-corrected chi connectivity index (χ4v) is 2.49. The fourth-order valence-electron chi connectivity index (χ4n) is 1.72. The van der Waals surface area contributed by atoms with E-state index in [1.165, 1.54) is 11.3 Å². The quantitative estimate of drug-likeness (QED) is 0.784. The lowest BCUT2D eigenvalue weighted by Crippen LogP contribution is -2.20. The van der Waals surface area contributed by atoms with Crippen LogP contribution in [0.4, 0.5) is 0 Å². The first-order chi connectivity index (χ1) is 7.33. The second-order valence-electron chi connectivity index (χ2n) is 3.54. The number of thiophene rings is 1. The molecule has 0 aliphatic carbocycles. The zero-order chi connectivity index (χ0) is 10.7. The number of rotatable bonds is 3. The van der Waals surface area contributed by atoms with Gasteiger partial charge in [-0.15, -0.1) is 11.3 Å². The molecule has 1 saturated heterocycles. The Kier molecular flexibility index (Phi) is 3.14. The minimum atomic E-state index is -0.600. The van der Waals surface area contributed by atoms with Crippen molar-refractivity contribution >= 4 is 17.1 Å². The van der Waals surface area contributed by atoms with Crippen LogP contribution in [-0.2, 0) is 9.53 Å². The van der Waals surface area contributed by atoms with Gasteiger partial charge < -0.3 is 4.74 Å². The Morgan fingerprint density at radius 2 is 2.60 bits per heavy atom. The lowest BCUT2D eigenvalue weighted by molar-refractivity contribution is -0.123. The van der Waals surface area contributed by atoms with Gasteiger partial charge in [-0.1, -0.05) is 6.07 Å². The monoisotopic (exact) mass is 221 g/mol. The summed E-state index contributed by atoms with van der Waals surface area (Å²) < 4.78 is 5.16. The van der Waals surface area contributed by atoms with E-state index < -0.39 is 5.92 Å². The van der Waals surface area contributed by atoms with Crippen molar-refractivity contribution in [1.29, 1.82) is 5.26 Å². The Bertz CT molecular complexity index is 374. The Hall–Kier alpha value is -1.18. The number of Topliss-reactive ketones (excluding diaryl/α,β-unsaturated/α-hetero) is 1. The van der Waals surface area contributed by atoms with Crippen molar-refractivity contribution in [3.8, 4) is 6.07 Å². The zero-order valence-corrected chi connectivity index (χ0v) is 9.00. The molecule has 1 fully saturated rings. The van der Waals surface area contributed by atoms with E-state index in [2.05, 4.69) is 6.07 Å². The van der Waals surface area contributed by atoms with Crippen LogP contribution in [0, 0.1) is 17.2 Å². The number of nitrogens with zero attached hydrogens (tertiary/aromatic N) is 1. The van der Waals surface area contributed by atoms with Gasteiger partial charge in [0.15, 0.2) is 5.78 Å². The van der Waals surface area contributed by atoms with Crippen molar-refractivity contribution in [3.05, 3.63) is 22.4 Å². The fraction of sp³-hybridized carbons (Fsp3) is 0.455. The molecular formula is C11H11NO2S. The highest BCUT2D eigenvalue weighted by atomic mass is 32.1. The summed E-state index contributed by atoms with van der Waals surface area (Å²) in [4.78, 5) is 12.8. The highest BCUT2D eigenvalue weighted by molar-refractivity contribution is 7.10. The predicted octanol–water partition coefficient (Wildman–Crippen LogP) is 1.96. The number of nitriles is 1. The minimum absolute atomic E-state index is 0.0115. The molecule has 0 N–H and O–H groups in total. The molecule has 1 aromatic heterocycles. The van der Waals surface area contributed by atoms with E-state index in [4.69, 9.17) is 10.00 Å². The van der Waals surface area contributed by atoms with Crippen molar-refractivity contribution in [1.82, 2.24) is 0 Å². The number of carbonyl (C=O) groups excluding carboxylic acids is 1. The van der Waals surface area contributed by atoms with Gasteiger partial charge in [0.25, 0.3) is 0 Å². The van der Waals surface area contributed by atoms with Gasteiger partial charge in [-0.3, -0.25) is 4.79 Å². The zero-order valence-electron chi connectivity index (χ0n) is 8.18. The maximum absolute atomic E-state index is 12.0. The van der Waals surface area contributed by atoms with E-state index in [-0.39, 0.29) is 11.7 Å². The van der Waals surface area contributed by atoms with Gasteiger partial charge in [-0.25, -0.2) is 0 Å². The van der Waals surface area contributed by atoms with Crippen LogP contribution in [0.25, 0.3) is 0 Å². The van der Waals surface area contributed by atoms with E-state index in [1.807, 2.05) is 17.5 Å². The van der Waals surface area contributed by atoms with Crippen molar-refractivity contribution < 1.29 is 9.53 Å². The lowest BCUT2D eigenvalue weighted by Gasteiger charge is -2.10. The smallest absolute Gasteiger partial charge is 0.160 e. The van der Waals surface area contributed by atoms with E-state index in [0.717, 1.165) is 11.3 Å². The first-order valence-corrected chi connectivity index (χ1v) is 5.75. The van der Waals surface area contributed by atoms with E-state index >= 15 is 0 Å². The van der Waals surface area contributed by atoms with Crippen LogP contribution in [0.5, 0.6) is 0 Å². The Morgan fingerprint density at radius 3 is 3.13 bits per heavy atom. The summed E-state index contributed by atoms with van der Waals surface area (Å²) in [6.45, 7) is 1.11. The number of hydrogen-bond donors (Lipinski definition) is 0. The molecule has 0 radical (unpaired) electrons. The van der Waals surface area contributed by atoms with Gasteiger partial charge in [0.2, 0.25) is 0 Å². The molecule has 3 nitrogen and oxygen atoms in total. The third-order valence-electron chi connectivity index (χ3n) is 2.57. The van der Waals surface area contributed by atoms with Crippen LogP contribution in [-0.4, -0.2) is 19.0 Å². The van der Waals surface area contributed by atoms with Crippen LogP contribution < -0.4 is 0 Å². The first-order valence-electron chi connectivity index (χ1n) is 4.87. The molecule has 0 spiro atoms. The highest BCUT2D eigenvalue weighted by Crippen LogP contribution is 2.27. The van der Waals surface area contributed by atoms with Gasteiger partial charge in [0.05, 0.1) is 12.7 Å². The maximum atomic E-state index is 12.0. The molecule has 4 heteroatoms. The SMILES string of the molecule is N#CC(C(=O)C1CCOC1)c1cccs1. The standard InChI is InChI=1S/C11H11NO2S/c12-6-9(10-2-1-5-15-10)11(13)8-3-4-14-7-8/h1-2,5,8-9H,3-4,7H2. The van der Waals surface area contributed by atoms with E-state index in [1.54, 1.807) is 0 Å². The molecule has 0 amide bonds. The molecule has 2 atom stereocenters. The molecular weight excluding hydrogens is 210 g/mol. The number of carbonyl (C=O) groups is 1. The normalized spacial score (nSPS) is 22.2. The average molecular weight is 221 g/mol. The molecule has 78 valence electrons. The van der Waals surface area contributed by atoms with Crippen LogP contribution >= 0.6 is 11.3 Å². The summed E-state index contributed by atoms with van der Waals surface area (Å²) in [5.74, 6) is -0.675. The molecule has 1 aromatic rings. The summed E-state index contributed by atoms with van der Waals surface area (Å²) in [7, 11) is 0. The summed E-state index contributed by atoms with van der Waals surface area (Å²) in [5.41, 5.74) is 0. The molecule has 0 aromatic carbocycles. The van der Waals surface area contributed by atoms with Gasteiger partial charge in [0, 0.05) is 17.4 Å². The third-order valence-corrected chi connectivity index (χ3v) is 3.51. The Morgan fingerprint density at radius 1 is 1.73 bits per heavy atom. The number of ketones is 1. The van der Waals surface area contributed by atoms with Gasteiger partial charge in [-0.2, -0.15) is 5.26 Å². The van der Waals surface area contributed by atoms with Crippen LogP contribution in [0.3, 0.4) is 0 Å². The molecule has 1 aliphatic heterocycles. The van der Waals surface area contributed by atoms with Gasteiger partial charge in [0.1, 0.15) is 5.92 Å². The van der Waals surface area contributed by atoms with Gasteiger partial charge >= 0.3 is 0 Å². The summed E-state index contributed by atoms with van der Waals surface area (Å²) in [6, 6.07) is 5.79. The number of hydrogen-bond acceptors (Lipinski definition) is 4. The van der Waals surface area contributed by atoms with Crippen LogP contribution in [0.15, 0.2) is 17.5 Å². The first kappa shape index (κ1) is 10.3. The van der Waals surface area contributed by atoms with Crippen molar-refractivity contribution in [3.63, 3.8) is 0 Å². The van der Waals surface area contributed by atoms with Crippen molar-refractivity contribution in [2.45, 2.75) is 12.3 Å². The van der Waals surface area contributed by atoms with E-state index in [0.29, 0.717) is 13.2 Å². The third kappa shape index (κ3) is 2.09. The Labute approximate surface area is 92.3 Å². The van der Waals surface area contributed by atoms with Crippen LogP contribution in [0.1, 0.15) is 17.2 Å². The molecule has 2 unspecified atom stereocenters. The topological polar surface area (TPSA) is 50.1 Å². The molecule has 0 bridgehead atoms. The maximum Gasteiger partial charge on any atom is 0.160 e. The molecule has 2 rings (SSSR count). The lowest BCUT2D eigenvalue weighted by atomic mass is 9.92. The molecule has 1 aliphatic rings. The summed E-state index contributed by atoms with van der Waals surface area (Å²) in [5, 5.41) is 10.9. The predicted molar refractivity (Wildman–Crippen MR) is 56.6 cm³/mol. The Balaban J connectivity index is 2.14. The number of ether oxygens (including phenoxy) is 1. The minimum Gasteiger partial charge on any atom is -0.381 e. The van der Waals surface area contributed by atoms with Crippen molar-refractivity contribution in [2.24, 2.45) is 5.92 Å². The second-order valence-corrected chi connectivity index (χ2v) is 4.52. The van der Waals surface area contributed by atoms with Crippen LogP contribution in [0.2, 0.25) is 0 Å². The van der Waals surface area contributed by atoms with Gasteiger partial charge in [-0.05, 0) is 17.9 Å². The second kappa shape index (κ2) is 4.56. The summed E-state index contributed by atoms with van der Waals surface area (Å²) in [6.07, 6.45) is 0.752.